The lowest BCUT2D eigenvalue weighted by molar-refractivity contribution is -0.121. The third-order valence-electron chi connectivity index (χ3n) is 4.47. The minimum atomic E-state index is -0.775. The van der Waals surface area contributed by atoms with Crippen LogP contribution in [0.3, 0.4) is 0 Å². The minimum Gasteiger partial charge on any atom is -0.444 e. The smallest absolute Gasteiger partial charge is 0.410 e. The average molecular weight is 283 g/mol. The van der Waals surface area contributed by atoms with E-state index in [0.717, 1.165) is 32.0 Å². The van der Waals surface area contributed by atoms with Gasteiger partial charge in [0.1, 0.15) is 17.4 Å². The number of ether oxygens (including phenoxy) is 1. The summed E-state index contributed by atoms with van der Waals surface area (Å²) in [6, 6.07) is 0. The summed E-state index contributed by atoms with van der Waals surface area (Å²) in [7, 11) is 1.67. The summed E-state index contributed by atoms with van der Waals surface area (Å²) in [6.07, 6.45) is 4.71. The standard InChI is InChI=1S/C16H29NO3/c1-12-7-9-13(10-8-12)16(5,11-18)17(6)14(19)20-15(2,3)4/h11-13H,7-10H2,1-6H3. The van der Waals surface area contributed by atoms with Gasteiger partial charge in [-0.3, -0.25) is 4.90 Å². The number of carbonyl (C=O) groups excluding carboxylic acids is 2. The molecule has 1 unspecified atom stereocenters. The van der Waals surface area contributed by atoms with Crippen LogP contribution in [0, 0.1) is 11.8 Å². The quantitative estimate of drug-likeness (QED) is 0.743. The highest BCUT2D eigenvalue weighted by Gasteiger charge is 2.42. The van der Waals surface area contributed by atoms with Crippen molar-refractivity contribution in [1.29, 1.82) is 0 Å². The number of likely N-dealkylation sites (N-methyl/N-ethyl adjacent to an activating group) is 1. The first kappa shape index (κ1) is 17.0. The lowest BCUT2D eigenvalue weighted by atomic mass is 9.73. The zero-order valence-corrected chi connectivity index (χ0v) is 13.7. The lowest BCUT2D eigenvalue weighted by Crippen LogP contribution is -2.55. The van der Waals surface area contributed by atoms with Crippen molar-refractivity contribution >= 4 is 12.4 Å². The zero-order valence-electron chi connectivity index (χ0n) is 13.7. The average Bonchev–Trinajstić information content (AvgIpc) is 2.35. The Hall–Kier alpha value is -1.06. The van der Waals surface area contributed by atoms with Crippen LogP contribution in [0.15, 0.2) is 0 Å². The number of rotatable bonds is 3. The van der Waals surface area contributed by atoms with Gasteiger partial charge in [0.05, 0.1) is 0 Å². The molecule has 1 rings (SSSR count). The maximum Gasteiger partial charge on any atom is 0.410 e. The Bertz CT molecular complexity index is 353. The van der Waals surface area contributed by atoms with Crippen LogP contribution >= 0.6 is 0 Å². The van der Waals surface area contributed by atoms with Gasteiger partial charge in [0.2, 0.25) is 0 Å². The van der Waals surface area contributed by atoms with Crippen LogP contribution in [0.2, 0.25) is 0 Å². The fourth-order valence-electron chi connectivity index (χ4n) is 2.82. The van der Waals surface area contributed by atoms with Gasteiger partial charge >= 0.3 is 6.09 Å². The van der Waals surface area contributed by atoms with Gasteiger partial charge in [-0.25, -0.2) is 4.79 Å². The van der Waals surface area contributed by atoms with Crippen molar-refractivity contribution in [3.05, 3.63) is 0 Å². The molecule has 20 heavy (non-hydrogen) atoms. The van der Waals surface area contributed by atoms with Gasteiger partial charge in [-0.05, 0) is 52.4 Å². The molecule has 0 aromatic carbocycles. The normalized spacial score (nSPS) is 26.5. The summed E-state index contributed by atoms with van der Waals surface area (Å²) >= 11 is 0. The number of nitrogens with zero attached hydrogens (tertiary/aromatic N) is 1. The van der Waals surface area contributed by atoms with E-state index >= 15 is 0 Å². The molecule has 0 heterocycles. The van der Waals surface area contributed by atoms with Gasteiger partial charge in [-0.15, -0.1) is 0 Å². The summed E-state index contributed by atoms with van der Waals surface area (Å²) in [6.45, 7) is 9.59. The number of amides is 1. The summed E-state index contributed by atoms with van der Waals surface area (Å²) in [5.74, 6) is 0.933. The second kappa shape index (κ2) is 6.15. The number of hydrogen-bond acceptors (Lipinski definition) is 3. The molecule has 1 aliphatic rings. The number of carbonyl (C=O) groups is 2. The van der Waals surface area contributed by atoms with E-state index in [1.807, 2.05) is 27.7 Å². The maximum absolute atomic E-state index is 12.2. The van der Waals surface area contributed by atoms with E-state index < -0.39 is 17.2 Å². The van der Waals surface area contributed by atoms with Crippen LogP contribution in [0.4, 0.5) is 4.79 Å². The fourth-order valence-corrected chi connectivity index (χ4v) is 2.82. The van der Waals surface area contributed by atoms with Crippen molar-refractivity contribution in [1.82, 2.24) is 4.90 Å². The maximum atomic E-state index is 12.2. The molecular weight excluding hydrogens is 254 g/mol. The molecule has 116 valence electrons. The van der Waals surface area contributed by atoms with Crippen LogP contribution in [-0.2, 0) is 9.53 Å². The Labute approximate surface area is 122 Å². The highest BCUT2D eigenvalue weighted by Crippen LogP contribution is 2.37. The molecule has 0 aromatic heterocycles. The minimum absolute atomic E-state index is 0.216. The van der Waals surface area contributed by atoms with E-state index in [9.17, 15) is 9.59 Å². The van der Waals surface area contributed by atoms with Gasteiger partial charge < -0.3 is 9.53 Å². The second-order valence-corrected chi connectivity index (χ2v) is 7.34. The molecule has 0 saturated heterocycles. The van der Waals surface area contributed by atoms with E-state index in [0.29, 0.717) is 5.92 Å². The molecular formula is C16H29NO3. The number of hydrogen-bond donors (Lipinski definition) is 0. The van der Waals surface area contributed by atoms with Crippen molar-refractivity contribution < 1.29 is 14.3 Å². The van der Waals surface area contributed by atoms with Crippen molar-refractivity contribution in [2.24, 2.45) is 11.8 Å². The molecule has 1 fully saturated rings. The molecule has 0 spiro atoms. The van der Waals surface area contributed by atoms with Gasteiger partial charge in [0.25, 0.3) is 0 Å². The lowest BCUT2D eigenvalue weighted by Gasteiger charge is -2.43. The summed E-state index contributed by atoms with van der Waals surface area (Å²) in [5.41, 5.74) is -1.32. The van der Waals surface area contributed by atoms with E-state index in [1.165, 1.54) is 4.90 Å². The molecule has 1 aliphatic carbocycles. The van der Waals surface area contributed by atoms with E-state index in [2.05, 4.69) is 6.92 Å². The topological polar surface area (TPSA) is 46.6 Å². The molecule has 0 radical (unpaired) electrons. The van der Waals surface area contributed by atoms with Gasteiger partial charge in [0, 0.05) is 7.05 Å². The molecule has 1 amide bonds. The third-order valence-corrected chi connectivity index (χ3v) is 4.47. The number of aldehydes is 1. The Balaban J connectivity index is 2.81. The Kier molecular flexibility index (Phi) is 5.22. The van der Waals surface area contributed by atoms with Gasteiger partial charge in [0.15, 0.2) is 0 Å². The van der Waals surface area contributed by atoms with Crippen molar-refractivity contribution in [2.75, 3.05) is 7.05 Å². The summed E-state index contributed by atoms with van der Waals surface area (Å²) in [5, 5.41) is 0. The summed E-state index contributed by atoms with van der Waals surface area (Å²) in [4.78, 5) is 25.4. The van der Waals surface area contributed by atoms with Gasteiger partial charge in [-0.2, -0.15) is 0 Å². The molecule has 1 atom stereocenters. The highest BCUT2D eigenvalue weighted by atomic mass is 16.6. The van der Waals surface area contributed by atoms with Gasteiger partial charge in [-0.1, -0.05) is 19.8 Å². The van der Waals surface area contributed by atoms with E-state index in [4.69, 9.17) is 4.74 Å². The first-order valence-corrected chi connectivity index (χ1v) is 7.53. The zero-order chi connectivity index (χ0) is 15.6. The van der Waals surface area contributed by atoms with Crippen LogP contribution in [0.1, 0.15) is 60.3 Å². The van der Waals surface area contributed by atoms with Crippen molar-refractivity contribution in [3.8, 4) is 0 Å². The molecule has 0 aliphatic heterocycles. The highest BCUT2D eigenvalue weighted by molar-refractivity contribution is 5.76. The van der Waals surface area contributed by atoms with Crippen molar-refractivity contribution in [3.63, 3.8) is 0 Å². The monoisotopic (exact) mass is 283 g/mol. The molecule has 4 nitrogen and oxygen atoms in total. The van der Waals surface area contributed by atoms with E-state index in [1.54, 1.807) is 7.05 Å². The van der Waals surface area contributed by atoms with Crippen LogP contribution in [0.25, 0.3) is 0 Å². The Morgan fingerprint density at radius 2 is 1.65 bits per heavy atom. The van der Waals surface area contributed by atoms with Crippen LogP contribution in [-0.4, -0.2) is 35.5 Å². The molecule has 0 bridgehead atoms. The molecule has 0 N–H and O–H groups in total. The Morgan fingerprint density at radius 1 is 1.15 bits per heavy atom. The third kappa shape index (κ3) is 3.97. The second-order valence-electron chi connectivity index (χ2n) is 7.34. The first-order chi connectivity index (χ1) is 9.10. The molecule has 4 heteroatoms. The van der Waals surface area contributed by atoms with Crippen molar-refractivity contribution in [2.45, 2.75) is 71.4 Å². The largest absolute Gasteiger partial charge is 0.444 e. The van der Waals surface area contributed by atoms with E-state index in [-0.39, 0.29) is 5.92 Å². The molecule has 1 saturated carbocycles. The summed E-state index contributed by atoms with van der Waals surface area (Å²) < 4.78 is 5.39. The SMILES string of the molecule is CC1CCC(C(C)(C=O)N(C)C(=O)OC(C)(C)C)CC1. The fraction of sp³-hybridized carbons (Fsp3) is 0.875. The molecule has 0 aromatic rings. The van der Waals surface area contributed by atoms with Crippen LogP contribution in [0.5, 0.6) is 0 Å². The Morgan fingerprint density at radius 3 is 2.05 bits per heavy atom. The first-order valence-electron chi connectivity index (χ1n) is 7.53. The van der Waals surface area contributed by atoms with Crippen LogP contribution < -0.4 is 0 Å². The predicted octanol–water partition coefficient (Wildman–Crippen LogP) is 3.64. The predicted molar refractivity (Wildman–Crippen MR) is 79.6 cm³/mol.